The van der Waals surface area contributed by atoms with Gasteiger partial charge in [0.05, 0.1) is 11.5 Å². The number of para-hydroxylation sites is 1. The van der Waals surface area contributed by atoms with E-state index in [1.54, 1.807) is 18.2 Å². The van der Waals surface area contributed by atoms with Crippen LogP contribution in [-0.4, -0.2) is 17.4 Å². The predicted octanol–water partition coefficient (Wildman–Crippen LogP) is 3.47. The molecule has 0 unspecified atom stereocenters. The summed E-state index contributed by atoms with van der Waals surface area (Å²) in [5.74, 6) is 0.634. The zero-order valence-electron chi connectivity index (χ0n) is 13.4. The Labute approximate surface area is 158 Å². The van der Waals surface area contributed by atoms with Crippen LogP contribution in [0.25, 0.3) is 0 Å². The van der Waals surface area contributed by atoms with Gasteiger partial charge in [-0.1, -0.05) is 48.5 Å². The highest BCUT2D eigenvalue weighted by atomic mass is 127. The summed E-state index contributed by atoms with van der Waals surface area (Å²) in [4.78, 5) is 15.2. The SMILES string of the molecule is CCNC(=NCc1ccccc1)NCc1ccccc1[N+](=O)[O-].I. The van der Waals surface area contributed by atoms with Crippen molar-refractivity contribution in [2.24, 2.45) is 4.99 Å². The lowest BCUT2D eigenvalue weighted by atomic mass is 10.2. The summed E-state index contributed by atoms with van der Waals surface area (Å²) in [6.07, 6.45) is 0. The monoisotopic (exact) mass is 440 g/mol. The summed E-state index contributed by atoms with van der Waals surface area (Å²) in [6, 6.07) is 16.6. The summed E-state index contributed by atoms with van der Waals surface area (Å²) in [6.45, 7) is 3.59. The summed E-state index contributed by atoms with van der Waals surface area (Å²) in [5, 5.41) is 17.3. The second kappa shape index (κ2) is 10.6. The average Bonchev–Trinajstić information content (AvgIpc) is 2.58. The van der Waals surface area contributed by atoms with Crippen LogP contribution < -0.4 is 10.6 Å². The van der Waals surface area contributed by atoms with Crippen molar-refractivity contribution in [2.45, 2.75) is 20.0 Å². The van der Waals surface area contributed by atoms with E-state index in [0.29, 0.717) is 24.6 Å². The molecule has 2 N–H and O–H groups in total. The van der Waals surface area contributed by atoms with E-state index in [9.17, 15) is 10.1 Å². The Hall–Kier alpha value is -2.16. The summed E-state index contributed by atoms with van der Waals surface area (Å²) >= 11 is 0. The Kier molecular flexibility index (Phi) is 8.77. The molecule has 7 heteroatoms. The highest BCUT2D eigenvalue weighted by molar-refractivity contribution is 14.0. The van der Waals surface area contributed by atoms with E-state index in [0.717, 1.165) is 12.1 Å². The molecule has 0 aromatic heterocycles. The molecule has 0 radical (unpaired) electrons. The normalized spacial score (nSPS) is 10.6. The molecule has 0 spiro atoms. The standard InChI is InChI=1S/C17H20N4O2.HI/c1-2-18-17(19-12-14-8-4-3-5-9-14)20-13-15-10-6-7-11-16(15)21(22)23;/h3-11H,2,12-13H2,1H3,(H2,18,19,20);1H. The van der Waals surface area contributed by atoms with Crippen LogP contribution in [0.1, 0.15) is 18.1 Å². The van der Waals surface area contributed by atoms with Crippen molar-refractivity contribution in [3.63, 3.8) is 0 Å². The largest absolute Gasteiger partial charge is 0.357 e. The van der Waals surface area contributed by atoms with E-state index in [4.69, 9.17) is 0 Å². The van der Waals surface area contributed by atoms with Crippen LogP contribution in [0.15, 0.2) is 59.6 Å². The first-order valence-electron chi connectivity index (χ1n) is 7.49. The van der Waals surface area contributed by atoms with Crippen LogP contribution in [0.5, 0.6) is 0 Å². The van der Waals surface area contributed by atoms with Gasteiger partial charge in [-0.25, -0.2) is 4.99 Å². The predicted molar refractivity (Wildman–Crippen MR) is 107 cm³/mol. The highest BCUT2D eigenvalue weighted by Gasteiger charge is 2.12. The number of hydrogen-bond donors (Lipinski definition) is 2. The topological polar surface area (TPSA) is 79.6 Å². The maximum absolute atomic E-state index is 11.0. The van der Waals surface area contributed by atoms with Crippen LogP contribution in [0, 0.1) is 10.1 Å². The third kappa shape index (κ3) is 6.15. The molecule has 0 heterocycles. The van der Waals surface area contributed by atoms with E-state index >= 15 is 0 Å². The van der Waals surface area contributed by atoms with Crippen molar-refractivity contribution in [2.75, 3.05) is 6.54 Å². The molecule has 0 aliphatic carbocycles. The lowest BCUT2D eigenvalue weighted by molar-refractivity contribution is -0.385. The van der Waals surface area contributed by atoms with Gasteiger partial charge in [-0.15, -0.1) is 24.0 Å². The lowest BCUT2D eigenvalue weighted by Crippen LogP contribution is -2.36. The first-order chi connectivity index (χ1) is 11.2. The van der Waals surface area contributed by atoms with E-state index in [-0.39, 0.29) is 34.6 Å². The number of nitro groups is 1. The third-order valence-electron chi connectivity index (χ3n) is 3.24. The molecule has 0 bridgehead atoms. The molecule has 0 saturated carbocycles. The van der Waals surface area contributed by atoms with Gasteiger partial charge in [-0.2, -0.15) is 0 Å². The first kappa shape index (κ1) is 19.9. The molecule has 2 aromatic carbocycles. The summed E-state index contributed by atoms with van der Waals surface area (Å²) in [7, 11) is 0. The molecular weight excluding hydrogens is 419 g/mol. The fourth-order valence-corrected chi connectivity index (χ4v) is 2.11. The number of nitrogens with zero attached hydrogens (tertiary/aromatic N) is 2. The Morgan fingerprint density at radius 2 is 1.75 bits per heavy atom. The number of guanidine groups is 1. The van der Waals surface area contributed by atoms with Crippen LogP contribution in [0.2, 0.25) is 0 Å². The molecule has 24 heavy (non-hydrogen) atoms. The third-order valence-corrected chi connectivity index (χ3v) is 3.24. The smallest absolute Gasteiger partial charge is 0.274 e. The molecule has 0 atom stereocenters. The van der Waals surface area contributed by atoms with Gasteiger partial charge in [0.2, 0.25) is 0 Å². The van der Waals surface area contributed by atoms with Crippen molar-refractivity contribution in [1.29, 1.82) is 0 Å². The maximum Gasteiger partial charge on any atom is 0.274 e. The number of aliphatic imine (C=N–C) groups is 1. The van der Waals surface area contributed by atoms with Gasteiger partial charge in [0.1, 0.15) is 0 Å². The second-order valence-electron chi connectivity index (χ2n) is 4.92. The van der Waals surface area contributed by atoms with Gasteiger partial charge in [0.15, 0.2) is 5.96 Å². The number of rotatable bonds is 6. The Morgan fingerprint density at radius 3 is 2.42 bits per heavy atom. The van der Waals surface area contributed by atoms with Crippen LogP contribution in [0.4, 0.5) is 5.69 Å². The maximum atomic E-state index is 11.0. The molecule has 2 aromatic rings. The number of benzene rings is 2. The molecule has 6 nitrogen and oxygen atoms in total. The highest BCUT2D eigenvalue weighted by Crippen LogP contribution is 2.17. The number of nitro benzene ring substituents is 1. The Balaban J connectivity index is 0.00000288. The summed E-state index contributed by atoms with van der Waals surface area (Å²) in [5.41, 5.74) is 1.84. The van der Waals surface area contributed by atoms with Crippen molar-refractivity contribution in [1.82, 2.24) is 10.6 Å². The van der Waals surface area contributed by atoms with Crippen LogP contribution in [0.3, 0.4) is 0 Å². The van der Waals surface area contributed by atoms with Gasteiger partial charge in [0.25, 0.3) is 5.69 Å². The van der Waals surface area contributed by atoms with E-state index < -0.39 is 0 Å². The van der Waals surface area contributed by atoms with Crippen molar-refractivity contribution in [3.8, 4) is 0 Å². The Bertz CT molecular complexity index is 677. The van der Waals surface area contributed by atoms with Gasteiger partial charge < -0.3 is 10.6 Å². The number of nitrogens with one attached hydrogen (secondary N) is 2. The molecule has 0 aliphatic heterocycles. The average molecular weight is 440 g/mol. The quantitative estimate of drug-likeness (QED) is 0.237. The number of hydrogen-bond acceptors (Lipinski definition) is 3. The van der Waals surface area contributed by atoms with Crippen molar-refractivity contribution >= 4 is 35.6 Å². The van der Waals surface area contributed by atoms with Crippen molar-refractivity contribution in [3.05, 3.63) is 75.8 Å². The summed E-state index contributed by atoms with van der Waals surface area (Å²) < 4.78 is 0. The molecule has 128 valence electrons. The zero-order valence-corrected chi connectivity index (χ0v) is 15.8. The van der Waals surface area contributed by atoms with E-state index in [1.807, 2.05) is 37.3 Å². The minimum absolute atomic E-state index is 0. The van der Waals surface area contributed by atoms with Crippen LogP contribution >= 0.6 is 24.0 Å². The minimum atomic E-state index is -0.370. The van der Waals surface area contributed by atoms with Gasteiger partial charge in [-0.3, -0.25) is 10.1 Å². The fourth-order valence-electron chi connectivity index (χ4n) is 2.11. The molecule has 0 saturated heterocycles. The van der Waals surface area contributed by atoms with E-state index in [1.165, 1.54) is 6.07 Å². The molecular formula is C17H21IN4O2. The molecule has 0 amide bonds. The molecule has 0 fully saturated rings. The molecule has 0 aliphatic rings. The Morgan fingerprint density at radius 1 is 1.08 bits per heavy atom. The molecule has 2 rings (SSSR count). The second-order valence-corrected chi connectivity index (χ2v) is 4.92. The lowest BCUT2D eigenvalue weighted by Gasteiger charge is -2.11. The number of halogens is 1. The van der Waals surface area contributed by atoms with E-state index in [2.05, 4.69) is 15.6 Å². The van der Waals surface area contributed by atoms with Gasteiger partial charge in [0, 0.05) is 24.7 Å². The van der Waals surface area contributed by atoms with Gasteiger partial charge >= 0.3 is 0 Å². The van der Waals surface area contributed by atoms with Crippen LogP contribution in [-0.2, 0) is 13.1 Å². The fraction of sp³-hybridized carbons (Fsp3) is 0.235. The minimum Gasteiger partial charge on any atom is -0.357 e. The zero-order chi connectivity index (χ0) is 16.5. The first-order valence-corrected chi connectivity index (χ1v) is 7.49. The van der Waals surface area contributed by atoms with Crippen molar-refractivity contribution < 1.29 is 4.92 Å². The van der Waals surface area contributed by atoms with Gasteiger partial charge in [-0.05, 0) is 12.5 Å².